The van der Waals surface area contributed by atoms with Crippen molar-refractivity contribution in [3.63, 3.8) is 0 Å². The van der Waals surface area contributed by atoms with Crippen molar-refractivity contribution in [2.24, 2.45) is 11.8 Å². The third-order valence-electron chi connectivity index (χ3n) is 6.18. The van der Waals surface area contributed by atoms with Gasteiger partial charge in [0.1, 0.15) is 5.60 Å². The number of fused-ring (bicyclic) bond motifs is 3. The highest BCUT2D eigenvalue weighted by Gasteiger charge is 2.32. The van der Waals surface area contributed by atoms with E-state index in [0.29, 0.717) is 17.7 Å². The van der Waals surface area contributed by atoms with Crippen LogP contribution in [0.15, 0.2) is 18.3 Å². The highest BCUT2D eigenvalue weighted by molar-refractivity contribution is 5.83. The van der Waals surface area contributed by atoms with Crippen LogP contribution >= 0.6 is 0 Å². The van der Waals surface area contributed by atoms with Gasteiger partial charge in [-0.2, -0.15) is 0 Å². The smallest absolute Gasteiger partial charge is 0.407 e. The number of alkyl carbamates (subject to hydrolysis) is 1. The lowest BCUT2D eigenvalue weighted by atomic mass is 9.74. The summed E-state index contributed by atoms with van der Waals surface area (Å²) in [6.07, 6.45) is 6.83. The normalized spacial score (nSPS) is 23.9. The van der Waals surface area contributed by atoms with Crippen molar-refractivity contribution in [1.29, 1.82) is 0 Å². The minimum absolute atomic E-state index is 0.205. The summed E-state index contributed by atoms with van der Waals surface area (Å²) in [7, 11) is 1.64. The largest absolute Gasteiger partial charge is 0.481 e. The molecule has 1 fully saturated rings. The Labute approximate surface area is 178 Å². The topological polar surface area (TPSA) is 85.4 Å². The number of carbonyl (C=O) groups excluding carboxylic acids is 1. The minimum atomic E-state index is -0.462. The summed E-state index contributed by atoms with van der Waals surface area (Å²) in [5.41, 5.74) is 3.70. The number of hydrogen-bond donors (Lipinski definition) is 2. The molecule has 1 amide bonds. The Morgan fingerprint density at radius 3 is 2.63 bits per heavy atom. The lowest BCUT2D eigenvalue weighted by Crippen LogP contribution is -2.42. The maximum Gasteiger partial charge on any atom is 0.407 e. The second kappa shape index (κ2) is 8.28. The number of amides is 1. The molecular weight excluding hydrogens is 380 g/mol. The second-order valence-electron chi connectivity index (χ2n) is 9.47. The molecule has 162 valence electrons. The summed E-state index contributed by atoms with van der Waals surface area (Å²) in [5, 5.41) is 6.62. The van der Waals surface area contributed by atoms with Crippen LogP contribution in [0.3, 0.4) is 0 Å². The van der Waals surface area contributed by atoms with E-state index in [4.69, 9.17) is 9.47 Å². The van der Waals surface area contributed by atoms with Crippen molar-refractivity contribution in [1.82, 2.24) is 15.3 Å². The van der Waals surface area contributed by atoms with Crippen LogP contribution in [0, 0.1) is 11.8 Å². The number of hydrogen-bond acceptors (Lipinski definition) is 6. The zero-order valence-electron chi connectivity index (χ0n) is 18.3. The van der Waals surface area contributed by atoms with E-state index in [1.54, 1.807) is 7.11 Å². The number of carbonyl (C=O) groups is 1. The number of anilines is 1. The van der Waals surface area contributed by atoms with Crippen molar-refractivity contribution in [2.75, 3.05) is 19.0 Å². The molecule has 0 spiro atoms. The predicted molar refractivity (Wildman–Crippen MR) is 117 cm³/mol. The van der Waals surface area contributed by atoms with Crippen LogP contribution in [0.1, 0.15) is 52.0 Å². The first-order chi connectivity index (χ1) is 14.3. The Morgan fingerprint density at radius 1 is 1.17 bits per heavy atom. The summed E-state index contributed by atoms with van der Waals surface area (Å²) in [6.45, 7) is 6.63. The van der Waals surface area contributed by atoms with Gasteiger partial charge in [0, 0.05) is 24.2 Å². The van der Waals surface area contributed by atoms with Gasteiger partial charge in [0.15, 0.2) is 0 Å². The van der Waals surface area contributed by atoms with E-state index < -0.39 is 5.60 Å². The number of ether oxygens (including phenoxy) is 2. The fraction of sp³-hybridized carbons (Fsp3) is 0.609. The van der Waals surface area contributed by atoms with Gasteiger partial charge in [-0.1, -0.05) is 0 Å². The van der Waals surface area contributed by atoms with E-state index in [-0.39, 0.29) is 12.1 Å². The first kappa shape index (κ1) is 20.7. The maximum atomic E-state index is 12.1. The SMILES string of the molecule is COc1ccc2ncc3c(c2n1)C[C@@H](C1CCC(NC(=O)OC(C)(C)C)CC1)CN3. The van der Waals surface area contributed by atoms with Crippen molar-refractivity contribution in [3.8, 4) is 5.88 Å². The van der Waals surface area contributed by atoms with E-state index in [0.717, 1.165) is 55.4 Å². The van der Waals surface area contributed by atoms with E-state index in [1.165, 1.54) is 5.56 Å². The van der Waals surface area contributed by atoms with Crippen LogP contribution in [-0.4, -0.2) is 41.4 Å². The molecule has 1 saturated carbocycles. The number of rotatable bonds is 3. The molecule has 30 heavy (non-hydrogen) atoms. The molecule has 0 bridgehead atoms. The molecule has 0 radical (unpaired) electrons. The van der Waals surface area contributed by atoms with Crippen LogP contribution in [0.4, 0.5) is 10.5 Å². The predicted octanol–water partition coefficient (Wildman–Crippen LogP) is 4.31. The highest BCUT2D eigenvalue weighted by atomic mass is 16.6. The van der Waals surface area contributed by atoms with Gasteiger partial charge in [-0.05, 0) is 70.8 Å². The maximum absolute atomic E-state index is 12.1. The van der Waals surface area contributed by atoms with Gasteiger partial charge < -0.3 is 20.1 Å². The average Bonchev–Trinajstić information content (AvgIpc) is 2.72. The molecule has 0 saturated heterocycles. The fourth-order valence-electron chi connectivity index (χ4n) is 4.69. The van der Waals surface area contributed by atoms with E-state index in [9.17, 15) is 4.79 Å². The average molecular weight is 413 g/mol. The van der Waals surface area contributed by atoms with Gasteiger partial charge in [0.2, 0.25) is 5.88 Å². The summed E-state index contributed by atoms with van der Waals surface area (Å²) in [4.78, 5) is 21.3. The van der Waals surface area contributed by atoms with Crippen molar-refractivity contribution in [2.45, 2.75) is 64.5 Å². The fourth-order valence-corrected chi connectivity index (χ4v) is 4.69. The van der Waals surface area contributed by atoms with Crippen LogP contribution < -0.4 is 15.4 Å². The second-order valence-corrected chi connectivity index (χ2v) is 9.47. The molecule has 2 N–H and O–H groups in total. The molecule has 1 atom stereocenters. The molecule has 4 rings (SSSR count). The summed E-state index contributed by atoms with van der Waals surface area (Å²) < 4.78 is 10.7. The van der Waals surface area contributed by atoms with Crippen molar-refractivity contribution in [3.05, 3.63) is 23.9 Å². The van der Waals surface area contributed by atoms with Crippen LogP contribution in [0.25, 0.3) is 11.0 Å². The van der Waals surface area contributed by atoms with E-state index in [1.807, 2.05) is 39.1 Å². The number of aromatic nitrogens is 2. The number of methoxy groups -OCH3 is 1. The van der Waals surface area contributed by atoms with E-state index >= 15 is 0 Å². The molecule has 2 aliphatic rings. The summed E-state index contributed by atoms with van der Waals surface area (Å²) in [5.74, 6) is 1.81. The first-order valence-electron chi connectivity index (χ1n) is 10.9. The summed E-state index contributed by atoms with van der Waals surface area (Å²) in [6, 6.07) is 4.03. The van der Waals surface area contributed by atoms with Crippen LogP contribution in [0.5, 0.6) is 5.88 Å². The lowest BCUT2D eigenvalue weighted by Gasteiger charge is -2.37. The molecular formula is C23H32N4O3. The third kappa shape index (κ3) is 4.60. The van der Waals surface area contributed by atoms with Gasteiger partial charge in [-0.3, -0.25) is 4.98 Å². The molecule has 0 unspecified atom stereocenters. The van der Waals surface area contributed by atoms with Gasteiger partial charge in [-0.25, -0.2) is 9.78 Å². The Bertz CT molecular complexity index is 911. The minimum Gasteiger partial charge on any atom is -0.481 e. The number of nitrogens with zero attached hydrogens (tertiary/aromatic N) is 2. The molecule has 1 aliphatic heterocycles. The monoisotopic (exact) mass is 412 g/mol. The van der Waals surface area contributed by atoms with Crippen LogP contribution in [0.2, 0.25) is 0 Å². The molecule has 1 aliphatic carbocycles. The molecule has 7 nitrogen and oxygen atoms in total. The quantitative estimate of drug-likeness (QED) is 0.782. The highest BCUT2D eigenvalue weighted by Crippen LogP contribution is 2.38. The van der Waals surface area contributed by atoms with Gasteiger partial charge in [0.25, 0.3) is 0 Å². The van der Waals surface area contributed by atoms with Gasteiger partial charge >= 0.3 is 6.09 Å². The Morgan fingerprint density at radius 2 is 1.93 bits per heavy atom. The Balaban J connectivity index is 1.40. The van der Waals surface area contributed by atoms with E-state index in [2.05, 4.69) is 20.6 Å². The Hall–Kier alpha value is -2.57. The number of pyridine rings is 2. The third-order valence-corrected chi connectivity index (χ3v) is 6.18. The van der Waals surface area contributed by atoms with Gasteiger partial charge in [0.05, 0.1) is 30.0 Å². The lowest BCUT2D eigenvalue weighted by molar-refractivity contribution is 0.0482. The Kier molecular flexibility index (Phi) is 5.71. The standard InChI is InChI=1S/C23H32N4O3/c1-23(2,3)30-22(28)26-16-7-5-14(6-8-16)15-11-17-19(24-12-15)13-25-18-9-10-20(29-4)27-21(17)18/h9-10,13-16,24H,5-8,11-12H2,1-4H3,(H,26,28)/t14?,15-,16?/m1/s1. The van der Waals surface area contributed by atoms with Crippen molar-refractivity contribution >= 4 is 22.8 Å². The summed E-state index contributed by atoms with van der Waals surface area (Å²) >= 11 is 0. The molecule has 7 heteroatoms. The molecule has 3 heterocycles. The van der Waals surface area contributed by atoms with Crippen LogP contribution in [-0.2, 0) is 11.2 Å². The zero-order chi connectivity index (χ0) is 21.3. The zero-order valence-corrected chi connectivity index (χ0v) is 18.3. The number of nitrogens with one attached hydrogen (secondary N) is 2. The van der Waals surface area contributed by atoms with Gasteiger partial charge in [-0.15, -0.1) is 0 Å². The molecule has 2 aromatic heterocycles. The van der Waals surface area contributed by atoms with Crippen molar-refractivity contribution < 1.29 is 14.3 Å². The molecule has 2 aromatic rings. The first-order valence-corrected chi connectivity index (χ1v) is 10.9. The molecule has 0 aromatic carbocycles.